The van der Waals surface area contributed by atoms with Crippen molar-refractivity contribution in [1.29, 1.82) is 0 Å². The highest BCUT2D eigenvalue weighted by Gasteiger charge is 2.20. The Kier molecular flexibility index (Phi) is 5.46. The van der Waals surface area contributed by atoms with Gasteiger partial charge in [-0.15, -0.1) is 0 Å². The number of rotatable bonds is 6. The van der Waals surface area contributed by atoms with Crippen molar-refractivity contribution in [3.05, 3.63) is 59.8 Å². The van der Waals surface area contributed by atoms with Gasteiger partial charge in [-0.3, -0.25) is 10.00 Å². The van der Waals surface area contributed by atoms with Crippen LogP contribution in [0.1, 0.15) is 24.0 Å². The Morgan fingerprint density at radius 2 is 2.04 bits per heavy atom. The fraction of sp³-hybridized carbons (Fsp3) is 0.381. The zero-order valence-corrected chi connectivity index (χ0v) is 16.1. The van der Waals surface area contributed by atoms with Crippen LogP contribution in [0.25, 0.3) is 10.9 Å². The molecule has 1 saturated heterocycles. The van der Waals surface area contributed by atoms with E-state index in [9.17, 15) is 0 Å². The van der Waals surface area contributed by atoms with Crippen molar-refractivity contribution in [2.75, 3.05) is 24.7 Å². The lowest BCUT2D eigenvalue weighted by molar-refractivity contribution is 0.208. The molecule has 26 heavy (non-hydrogen) atoms. The zero-order chi connectivity index (χ0) is 17.8. The van der Waals surface area contributed by atoms with Crippen LogP contribution in [0.5, 0.6) is 0 Å². The number of hydrogen-bond donors (Lipinski definition) is 2. The van der Waals surface area contributed by atoms with Crippen molar-refractivity contribution in [3.8, 4) is 0 Å². The van der Waals surface area contributed by atoms with Gasteiger partial charge in [0.2, 0.25) is 0 Å². The number of H-pyrrole nitrogens is 1. The van der Waals surface area contributed by atoms with E-state index >= 15 is 0 Å². The second kappa shape index (κ2) is 8.14. The van der Waals surface area contributed by atoms with E-state index in [1.54, 1.807) is 0 Å². The number of likely N-dealkylation sites (tertiary alicyclic amines) is 1. The molecule has 0 saturated carbocycles. The topological polar surface area (TPSA) is 44.0 Å². The lowest BCUT2D eigenvalue weighted by atomic mass is 10.0. The second-order valence-electron chi connectivity index (χ2n) is 7.14. The first-order valence-corrected chi connectivity index (χ1v) is 10.7. The smallest absolute Gasteiger partial charge is 0.0651 e. The van der Waals surface area contributed by atoms with Crippen molar-refractivity contribution in [2.24, 2.45) is 0 Å². The summed E-state index contributed by atoms with van der Waals surface area (Å²) < 4.78 is 0. The Hall–Kier alpha value is -1.98. The SMILES string of the molecule is CSCc1ccc(CN2CCCC(Nc3ccc4[nH]ncc4c3)C2)cc1. The summed E-state index contributed by atoms with van der Waals surface area (Å²) in [5.74, 6) is 1.09. The van der Waals surface area contributed by atoms with Crippen molar-refractivity contribution in [2.45, 2.75) is 31.2 Å². The maximum atomic E-state index is 4.10. The van der Waals surface area contributed by atoms with Gasteiger partial charge in [-0.2, -0.15) is 16.9 Å². The largest absolute Gasteiger partial charge is 0.381 e. The molecule has 1 aliphatic rings. The number of fused-ring (bicyclic) bond motifs is 1. The van der Waals surface area contributed by atoms with E-state index in [4.69, 9.17) is 0 Å². The van der Waals surface area contributed by atoms with Crippen LogP contribution in [0.15, 0.2) is 48.7 Å². The number of nitrogens with one attached hydrogen (secondary N) is 2. The average Bonchev–Trinajstić information content (AvgIpc) is 3.12. The predicted octanol–water partition coefficient (Wildman–Crippen LogP) is 4.50. The lowest BCUT2D eigenvalue weighted by Crippen LogP contribution is -2.41. The van der Waals surface area contributed by atoms with Gasteiger partial charge in [-0.1, -0.05) is 24.3 Å². The van der Waals surface area contributed by atoms with Gasteiger partial charge in [0, 0.05) is 36.0 Å². The van der Waals surface area contributed by atoms with E-state index in [-0.39, 0.29) is 0 Å². The highest BCUT2D eigenvalue weighted by molar-refractivity contribution is 7.97. The van der Waals surface area contributed by atoms with E-state index in [0.29, 0.717) is 6.04 Å². The summed E-state index contributed by atoms with van der Waals surface area (Å²) in [5, 5.41) is 12.0. The molecule has 1 unspecified atom stereocenters. The molecule has 2 aromatic carbocycles. The van der Waals surface area contributed by atoms with E-state index < -0.39 is 0 Å². The Bertz CT molecular complexity index is 843. The number of anilines is 1. The zero-order valence-electron chi connectivity index (χ0n) is 15.2. The molecule has 3 aromatic rings. The molecule has 2 N–H and O–H groups in total. The molecule has 4 rings (SSSR count). The number of thioether (sulfide) groups is 1. The highest BCUT2D eigenvalue weighted by Crippen LogP contribution is 2.21. The molecular formula is C21H26N4S. The first-order chi connectivity index (χ1) is 12.8. The van der Waals surface area contributed by atoms with Crippen LogP contribution in [0.4, 0.5) is 5.69 Å². The van der Waals surface area contributed by atoms with Crippen LogP contribution in [-0.2, 0) is 12.3 Å². The summed E-state index contributed by atoms with van der Waals surface area (Å²) in [6.07, 6.45) is 6.51. The molecule has 0 aliphatic carbocycles. The van der Waals surface area contributed by atoms with Crippen LogP contribution in [0.2, 0.25) is 0 Å². The van der Waals surface area contributed by atoms with Gasteiger partial charge in [0.05, 0.1) is 11.7 Å². The van der Waals surface area contributed by atoms with E-state index in [2.05, 4.69) is 69.1 Å². The fourth-order valence-electron chi connectivity index (χ4n) is 3.75. The molecule has 4 nitrogen and oxygen atoms in total. The van der Waals surface area contributed by atoms with Gasteiger partial charge in [-0.05, 0) is 55.0 Å². The number of hydrogen-bond acceptors (Lipinski definition) is 4. The first kappa shape index (κ1) is 17.4. The molecule has 2 heterocycles. The minimum atomic E-state index is 0.504. The minimum absolute atomic E-state index is 0.504. The van der Waals surface area contributed by atoms with Gasteiger partial charge >= 0.3 is 0 Å². The third-order valence-corrected chi connectivity index (χ3v) is 5.68. The van der Waals surface area contributed by atoms with Crippen LogP contribution >= 0.6 is 11.8 Å². The second-order valence-corrected chi connectivity index (χ2v) is 8.01. The number of benzene rings is 2. The van der Waals surface area contributed by atoms with Crippen molar-refractivity contribution < 1.29 is 0 Å². The van der Waals surface area contributed by atoms with E-state index in [1.807, 2.05) is 18.0 Å². The molecule has 5 heteroatoms. The molecule has 1 atom stereocenters. The molecule has 136 valence electrons. The van der Waals surface area contributed by atoms with E-state index in [0.717, 1.165) is 29.7 Å². The Labute approximate surface area is 159 Å². The van der Waals surface area contributed by atoms with Crippen molar-refractivity contribution in [3.63, 3.8) is 0 Å². The van der Waals surface area contributed by atoms with Gasteiger partial charge in [0.25, 0.3) is 0 Å². The summed E-state index contributed by atoms with van der Waals surface area (Å²) in [4.78, 5) is 2.57. The molecule has 0 bridgehead atoms. The number of aromatic nitrogens is 2. The summed E-state index contributed by atoms with van der Waals surface area (Å²) in [5.41, 5.74) is 5.10. The minimum Gasteiger partial charge on any atom is -0.381 e. The lowest BCUT2D eigenvalue weighted by Gasteiger charge is -2.33. The highest BCUT2D eigenvalue weighted by atomic mass is 32.2. The summed E-state index contributed by atoms with van der Waals surface area (Å²) in [6, 6.07) is 16.0. The van der Waals surface area contributed by atoms with Crippen molar-refractivity contribution in [1.82, 2.24) is 15.1 Å². The third kappa shape index (κ3) is 4.22. The monoisotopic (exact) mass is 366 g/mol. The van der Waals surface area contributed by atoms with Crippen molar-refractivity contribution >= 4 is 28.4 Å². The Balaban J connectivity index is 1.36. The molecule has 0 amide bonds. The average molecular weight is 367 g/mol. The van der Waals surface area contributed by atoms with Gasteiger partial charge < -0.3 is 5.32 Å². The molecule has 1 aliphatic heterocycles. The standard InChI is InChI=1S/C21H26N4S/c1-26-15-17-6-4-16(5-7-17)13-25-10-2-3-20(14-25)23-19-8-9-21-18(11-19)12-22-24-21/h4-9,11-12,20,23H,2-3,10,13-15H2,1H3,(H,22,24). The van der Waals surface area contributed by atoms with Crippen LogP contribution in [0.3, 0.4) is 0 Å². The summed E-state index contributed by atoms with van der Waals surface area (Å²) in [6.45, 7) is 3.32. The maximum Gasteiger partial charge on any atom is 0.0651 e. The number of aromatic amines is 1. The van der Waals surface area contributed by atoms with Gasteiger partial charge in [0.1, 0.15) is 0 Å². The maximum absolute atomic E-state index is 4.10. The number of piperidine rings is 1. The normalized spacial score (nSPS) is 18.3. The number of nitrogens with zero attached hydrogens (tertiary/aromatic N) is 2. The Morgan fingerprint density at radius 1 is 1.19 bits per heavy atom. The van der Waals surface area contributed by atoms with Crippen LogP contribution in [-0.4, -0.2) is 40.5 Å². The molecule has 0 radical (unpaired) electrons. The quantitative estimate of drug-likeness (QED) is 0.674. The van der Waals surface area contributed by atoms with Crippen LogP contribution in [0, 0.1) is 0 Å². The van der Waals surface area contributed by atoms with Gasteiger partial charge in [-0.25, -0.2) is 0 Å². The molecule has 1 fully saturated rings. The third-order valence-electron chi connectivity index (χ3n) is 5.06. The Morgan fingerprint density at radius 3 is 2.88 bits per heavy atom. The summed E-state index contributed by atoms with van der Waals surface area (Å²) in [7, 11) is 0. The summed E-state index contributed by atoms with van der Waals surface area (Å²) >= 11 is 1.87. The van der Waals surface area contributed by atoms with E-state index in [1.165, 1.54) is 36.2 Å². The molecule has 1 aromatic heterocycles. The molecular weight excluding hydrogens is 340 g/mol. The first-order valence-electron chi connectivity index (χ1n) is 9.29. The predicted molar refractivity (Wildman–Crippen MR) is 112 cm³/mol. The fourth-order valence-corrected chi connectivity index (χ4v) is 4.28. The molecule has 0 spiro atoms. The van der Waals surface area contributed by atoms with Crippen LogP contribution < -0.4 is 5.32 Å². The van der Waals surface area contributed by atoms with Gasteiger partial charge in [0.15, 0.2) is 0 Å².